The molecule has 2 rings (SSSR count). The molecule has 0 aromatic rings. The Morgan fingerprint density at radius 1 is 0.654 bits per heavy atom. The molecule has 10 atom stereocenters. The highest BCUT2D eigenvalue weighted by atomic mass is 127. The Hall–Kier alpha value is 2.24. The van der Waals surface area contributed by atoms with Crippen LogP contribution in [-0.2, 0) is 17.1 Å². The van der Waals surface area contributed by atoms with E-state index in [0.29, 0.717) is 5.92 Å². The molecule has 0 bridgehead atoms. The van der Waals surface area contributed by atoms with Crippen LogP contribution in [0.5, 0.6) is 0 Å². The van der Waals surface area contributed by atoms with Crippen molar-refractivity contribution >= 4 is 65.1 Å². The van der Waals surface area contributed by atoms with Crippen molar-refractivity contribution in [2.24, 2.45) is 17.8 Å². The summed E-state index contributed by atoms with van der Waals surface area (Å²) in [5.74, 6) is 0.599. The first-order valence-electron chi connectivity index (χ1n) is 8.85. The van der Waals surface area contributed by atoms with Gasteiger partial charge in [-0.3, -0.25) is 0 Å². The smallest absolute Gasteiger partial charge is 0.471 e. The van der Waals surface area contributed by atoms with Gasteiger partial charge in [0.1, 0.15) is 12.2 Å². The van der Waals surface area contributed by atoms with E-state index in [4.69, 9.17) is 17.1 Å². The third-order valence-corrected chi connectivity index (χ3v) is 8.51. The van der Waals surface area contributed by atoms with Gasteiger partial charge in [0.05, 0.1) is 18.3 Å². The van der Waals surface area contributed by atoms with Crippen molar-refractivity contribution in [1.82, 2.24) is 0 Å². The number of hydrogen-bond acceptors (Lipinski definition) is 7. The van der Waals surface area contributed by atoms with Gasteiger partial charge in [0, 0.05) is 5.92 Å². The molecular weight excluding hydrogens is 600 g/mol. The van der Waals surface area contributed by atoms with Crippen LogP contribution in [0.2, 0.25) is 0 Å². The minimum atomic E-state index is -0.909. The van der Waals surface area contributed by atoms with Crippen LogP contribution in [-0.4, -0.2) is 83.0 Å². The van der Waals surface area contributed by atoms with Crippen LogP contribution < -0.4 is 0 Å². The van der Waals surface area contributed by atoms with E-state index in [2.05, 4.69) is 54.4 Å². The van der Waals surface area contributed by atoms with Crippen LogP contribution in [0.15, 0.2) is 0 Å². The molecule has 2 aliphatic heterocycles. The van der Waals surface area contributed by atoms with Crippen LogP contribution >= 0.6 is 40.5 Å². The lowest BCUT2D eigenvalue weighted by Gasteiger charge is -2.41. The Bertz CT molecular complexity index is 376. The van der Waals surface area contributed by atoms with Crippen molar-refractivity contribution in [2.45, 2.75) is 77.7 Å². The van der Waals surface area contributed by atoms with Crippen molar-refractivity contribution in [3.63, 3.8) is 0 Å². The van der Waals surface area contributed by atoms with Crippen LogP contribution in [0, 0.1) is 17.8 Å². The molecule has 152 valence electrons. The largest absolute Gasteiger partial charge is 0.527 e. The minimum Gasteiger partial charge on any atom is -0.471 e. The number of aliphatic hydroxyl groups excluding tert-OH is 3. The Kier molecular flexibility index (Phi) is 13.0. The molecule has 0 spiro atoms. The van der Waals surface area contributed by atoms with Crippen molar-refractivity contribution in [3.05, 3.63) is 0 Å². The average Bonchev–Trinajstić information content (AvgIpc) is 2.61. The van der Waals surface area contributed by atoms with Crippen LogP contribution in [0.4, 0.5) is 0 Å². The Morgan fingerprint density at radius 3 is 1.54 bits per heavy atom. The molecule has 4 unspecified atom stereocenters. The molecule has 2 aliphatic rings. The highest BCUT2D eigenvalue weighted by molar-refractivity contribution is 14.1. The molecule has 2 heterocycles. The van der Waals surface area contributed by atoms with Crippen LogP contribution in [0.3, 0.4) is 0 Å². The number of aliphatic hydroxyl groups is 3. The van der Waals surface area contributed by atoms with Gasteiger partial charge in [-0.25, -0.2) is 0 Å². The van der Waals surface area contributed by atoms with E-state index in [-0.39, 0.29) is 30.3 Å². The van der Waals surface area contributed by atoms with E-state index in [1.165, 1.54) is 0 Å². The first-order chi connectivity index (χ1) is 12.1. The van der Waals surface area contributed by atoms with Crippen LogP contribution in [0.1, 0.15) is 34.6 Å². The second-order valence-electron chi connectivity index (χ2n) is 7.02. The number of hydrogen-bond donors (Lipinski definition) is 3. The second-order valence-corrected chi connectivity index (χ2v) is 11.9. The highest BCUT2D eigenvalue weighted by Crippen LogP contribution is 2.30. The average molecular weight is 630 g/mol. The van der Waals surface area contributed by atoms with Gasteiger partial charge in [-0.15, -0.1) is 0 Å². The topological polar surface area (TPSA) is 97.6 Å². The zero-order chi connectivity index (χ0) is 20.0. The summed E-state index contributed by atoms with van der Waals surface area (Å²) in [4.78, 5) is 0. The molecule has 0 aliphatic carbocycles. The van der Waals surface area contributed by atoms with Gasteiger partial charge >= 0.3 is 24.5 Å². The molecule has 0 amide bonds. The zero-order valence-corrected chi connectivity index (χ0v) is 23.1. The summed E-state index contributed by atoms with van der Waals surface area (Å²) in [6.07, 6.45) is -3.03. The predicted molar refractivity (Wildman–Crippen MR) is 119 cm³/mol. The lowest BCUT2D eigenvalue weighted by molar-refractivity contribution is -0.250. The fraction of sp³-hybridized carbons (Fsp3) is 1.00. The monoisotopic (exact) mass is 630 g/mol. The van der Waals surface area contributed by atoms with Gasteiger partial charge in [-0.05, 0) is 25.7 Å². The predicted octanol–water partition coefficient (Wildman–Crippen LogP) is 0.890. The summed E-state index contributed by atoms with van der Waals surface area (Å²) in [5.41, 5.74) is 0. The van der Waals surface area contributed by atoms with E-state index >= 15 is 0 Å². The van der Waals surface area contributed by atoms with Crippen molar-refractivity contribution in [2.75, 3.05) is 0 Å². The van der Waals surface area contributed by atoms with E-state index < -0.39 is 49.1 Å². The molecule has 3 N–H and O–H groups in total. The lowest BCUT2D eigenvalue weighted by Crippen LogP contribution is -2.53. The Morgan fingerprint density at radius 2 is 1.08 bits per heavy atom. The normalized spacial score (nSPS) is 46.1. The Labute approximate surface area is 191 Å². The minimum absolute atomic E-state index is 0.0503. The molecule has 11 heteroatoms. The SMILES string of the molecule is CC1O[C@@H]([O][AlH][I])C(O)[C@@H](C)[C@H]1C.CC1O[C@@H]([O][AlH][I])C(O)[C@@H](O)[C@H]1C. The van der Waals surface area contributed by atoms with Gasteiger partial charge in [-0.1, -0.05) is 20.8 Å². The molecule has 7 nitrogen and oxygen atoms in total. The fourth-order valence-corrected chi connectivity index (χ4v) is 5.89. The zero-order valence-electron chi connectivity index (χ0n) is 15.9. The first-order valence-corrected chi connectivity index (χ1v) is 20.2. The Balaban J connectivity index is 0.000000260. The lowest BCUT2D eigenvalue weighted by atomic mass is 9.84. The van der Waals surface area contributed by atoms with Crippen molar-refractivity contribution in [1.29, 1.82) is 0 Å². The van der Waals surface area contributed by atoms with Gasteiger partial charge < -0.3 is 32.4 Å². The standard InChI is InChI=1S/C8H15O3.C7H13O4.2Al.2HI.2H/c1-4-5(2)7(9)8(10)11-6(4)3;1-3-4(2)11-7(10)6(9)5(3)8;;;;;;/h4-9H,1-3H3;3-9H,1-2H3;;;2*1H;;/q2*-1;2*+2;;;;/p-2/t4-,5+,6?,7?,8-;3-,4?,5-,6?,7+;;;;;;/m10....../s1. The van der Waals surface area contributed by atoms with Gasteiger partial charge in [0.15, 0.2) is 12.6 Å². The van der Waals surface area contributed by atoms with E-state index in [0.717, 1.165) is 0 Å². The fourth-order valence-electron chi connectivity index (χ4n) is 2.97. The molecule has 26 heavy (non-hydrogen) atoms. The molecule has 0 aromatic carbocycles. The van der Waals surface area contributed by atoms with Gasteiger partial charge in [0.25, 0.3) is 0 Å². The summed E-state index contributed by atoms with van der Waals surface area (Å²) in [6.45, 7) is 9.94. The van der Waals surface area contributed by atoms with Crippen molar-refractivity contribution in [3.8, 4) is 0 Å². The molecule has 2 saturated heterocycles. The second kappa shape index (κ2) is 12.8. The summed E-state index contributed by atoms with van der Waals surface area (Å²) >= 11 is 3.22. The summed E-state index contributed by atoms with van der Waals surface area (Å²) in [6, 6.07) is 0. The maximum absolute atomic E-state index is 9.83. The van der Waals surface area contributed by atoms with Crippen LogP contribution in [0.25, 0.3) is 0 Å². The summed E-state index contributed by atoms with van der Waals surface area (Å²) in [7, 11) is 0. The quantitative estimate of drug-likeness (QED) is 0.314. The molecule has 2 fully saturated rings. The molecule has 0 saturated carbocycles. The number of ether oxygens (including phenoxy) is 2. The molecule has 0 aromatic heterocycles. The maximum atomic E-state index is 9.83. The highest BCUT2D eigenvalue weighted by Gasteiger charge is 2.40. The molecule has 0 radical (unpaired) electrons. The first kappa shape index (κ1) is 26.3. The summed E-state index contributed by atoms with van der Waals surface area (Å²) < 4.78 is 21.7. The number of halogens is 2. The third-order valence-electron chi connectivity index (χ3n) is 5.45. The van der Waals surface area contributed by atoms with E-state index in [9.17, 15) is 15.3 Å². The van der Waals surface area contributed by atoms with Gasteiger partial charge in [-0.2, -0.15) is 40.5 Å². The van der Waals surface area contributed by atoms with Gasteiger partial charge in [0.2, 0.25) is 0 Å². The van der Waals surface area contributed by atoms with Crippen molar-refractivity contribution < 1.29 is 32.4 Å². The maximum Gasteiger partial charge on any atom is 0.527 e. The van der Waals surface area contributed by atoms with E-state index in [1.54, 1.807) is 0 Å². The van der Waals surface area contributed by atoms with E-state index in [1.807, 2.05) is 20.8 Å². The third kappa shape index (κ3) is 7.19. The number of rotatable bonds is 4. The summed E-state index contributed by atoms with van der Waals surface area (Å²) in [5, 5.41) is 29.0. The molecular formula is C15H30Al2I2O7.